The highest BCUT2D eigenvalue weighted by Gasteiger charge is 2.18. The summed E-state index contributed by atoms with van der Waals surface area (Å²) >= 11 is -2.08. The van der Waals surface area contributed by atoms with Crippen molar-refractivity contribution >= 4 is 17.0 Å². The van der Waals surface area contributed by atoms with Crippen LogP contribution in [-0.4, -0.2) is 39.2 Å². The van der Waals surface area contributed by atoms with E-state index in [4.69, 9.17) is 0 Å². The maximum absolute atomic E-state index is 10.8. The average molecular weight is 253 g/mol. The van der Waals surface area contributed by atoms with Crippen LogP contribution in [0.5, 0.6) is 0 Å². The standard InChI is InChI=1S/C12H18N2O2S/c1-10-4-3-5-12(11(10)2)13-6-8-14(9-7-13)17(15)16/h3-5H,6-9H2,1-2H3,(H,15,16)/p-1. The Labute approximate surface area is 105 Å². The van der Waals surface area contributed by atoms with E-state index in [0.717, 1.165) is 13.1 Å². The molecule has 1 aromatic carbocycles. The van der Waals surface area contributed by atoms with Gasteiger partial charge in [0.25, 0.3) is 0 Å². The first-order valence-corrected chi connectivity index (χ1v) is 6.78. The van der Waals surface area contributed by atoms with Crippen LogP contribution in [0.1, 0.15) is 11.1 Å². The van der Waals surface area contributed by atoms with Gasteiger partial charge in [-0.3, -0.25) is 4.21 Å². The van der Waals surface area contributed by atoms with Gasteiger partial charge in [0.05, 0.1) is 0 Å². The molecule has 5 heteroatoms. The van der Waals surface area contributed by atoms with E-state index in [-0.39, 0.29) is 0 Å². The first-order valence-electron chi connectivity index (χ1n) is 5.75. The monoisotopic (exact) mass is 253 g/mol. The van der Waals surface area contributed by atoms with E-state index in [1.165, 1.54) is 21.1 Å². The van der Waals surface area contributed by atoms with Crippen molar-refractivity contribution in [2.24, 2.45) is 0 Å². The molecular weight excluding hydrogens is 236 g/mol. The van der Waals surface area contributed by atoms with Gasteiger partial charge >= 0.3 is 0 Å². The molecule has 0 aliphatic carbocycles. The second-order valence-electron chi connectivity index (χ2n) is 4.35. The second kappa shape index (κ2) is 5.16. The number of rotatable bonds is 2. The molecule has 0 aromatic heterocycles. The van der Waals surface area contributed by atoms with Crippen molar-refractivity contribution < 1.29 is 8.76 Å². The number of piperazine rings is 1. The molecular formula is C12H17N2O2S-. The van der Waals surface area contributed by atoms with Crippen LogP contribution in [0.15, 0.2) is 18.2 Å². The topological polar surface area (TPSA) is 46.6 Å². The van der Waals surface area contributed by atoms with Gasteiger partial charge in [0.1, 0.15) is 0 Å². The zero-order valence-electron chi connectivity index (χ0n) is 10.2. The molecule has 0 amide bonds. The first-order chi connectivity index (χ1) is 8.09. The molecule has 2 rings (SSSR count). The lowest BCUT2D eigenvalue weighted by Crippen LogP contribution is -2.47. The smallest absolute Gasteiger partial charge is 0.0399 e. The van der Waals surface area contributed by atoms with Gasteiger partial charge in [-0.05, 0) is 31.0 Å². The fourth-order valence-electron chi connectivity index (χ4n) is 2.16. The third-order valence-corrected chi connectivity index (χ3v) is 4.15. The Morgan fingerprint density at radius 1 is 1.18 bits per heavy atom. The van der Waals surface area contributed by atoms with Gasteiger partial charge in [0.15, 0.2) is 0 Å². The van der Waals surface area contributed by atoms with Crippen molar-refractivity contribution in [3.63, 3.8) is 0 Å². The van der Waals surface area contributed by atoms with Crippen LogP contribution >= 0.6 is 0 Å². The molecule has 0 radical (unpaired) electrons. The Hall–Kier alpha value is -0.910. The predicted molar refractivity (Wildman–Crippen MR) is 68.6 cm³/mol. The fraction of sp³-hybridized carbons (Fsp3) is 0.500. The zero-order valence-corrected chi connectivity index (χ0v) is 11.0. The van der Waals surface area contributed by atoms with Gasteiger partial charge in [-0.2, -0.15) is 0 Å². The Morgan fingerprint density at radius 3 is 2.41 bits per heavy atom. The molecule has 1 aromatic rings. The van der Waals surface area contributed by atoms with E-state index in [1.54, 1.807) is 0 Å². The third-order valence-electron chi connectivity index (χ3n) is 3.37. The van der Waals surface area contributed by atoms with Crippen LogP contribution < -0.4 is 4.90 Å². The van der Waals surface area contributed by atoms with Crippen LogP contribution in [0.2, 0.25) is 0 Å². The molecule has 1 fully saturated rings. The highest BCUT2D eigenvalue weighted by Crippen LogP contribution is 2.23. The highest BCUT2D eigenvalue weighted by molar-refractivity contribution is 7.76. The number of hydrogen-bond donors (Lipinski definition) is 0. The number of anilines is 1. The van der Waals surface area contributed by atoms with Gasteiger partial charge in [-0.25, -0.2) is 4.31 Å². The number of benzene rings is 1. The summed E-state index contributed by atoms with van der Waals surface area (Å²) in [7, 11) is 0. The molecule has 0 bridgehead atoms. The molecule has 1 atom stereocenters. The van der Waals surface area contributed by atoms with Crippen molar-refractivity contribution in [2.75, 3.05) is 31.1 Å². The quantitative estimate of drug-likeness (QED) is 0.745. The Kier molecular flexibility index (Phi) is 3.81. The summed E-state index contributed by atoms with van der Waals surface area (Å²) in [4.78, 5) is 2.26. The normalized spacial score (nSPS) is 19.4. The number of hydrogen-bond acceptors (Lipinski definition) is 3. The minimum atomic E-state index is -2.08. The van der Waals surface area contributed by atoms with Crippen molar-refractivity contribution in [3.8, 4) is 0 Å². The molecule has 0 N–H and O–H groups in total. The van der Waals surface area contributed by atoms with E-state index in [2.05, 4.69) is 36.9 Å². The fourth-order valence-corrected chi connectivity index (χ4v) is 2.62. The van der Waals surface area contributed by atoms with Crippen LogP contribution in [0.4, 0.5) is 5.69 Å². The summed E-state index contributed by atoms with van der Waals surface area (Å²) in [5.74, 6) is 0. The van der Waals surface area contributed by atoms with Crippen LogP contribution in [0.3, 0.4) is 0 Å². The summed E-state index contributed by atoms with van der Waals surface area (Å²) in [6, 6.07) is 6.25. The molecule has 4 nitrogen and oxygen atoms in total. The second-order valence-corrected chi connectivity index (χ2v) is 5.30. The average Bonchev–Trinajstić information content (AvgIpc) is 2.33. The SMILES string of the molecule is Cc1cccc(N2CCN(S(=O)[O-])CC2)c1C. The number of nitrogens with zero attached hydrogens (tertiary/aromatic N) is 2. The van der Waals surface area contributed by atoms with E-state index in [1.807, 2.05) is 0 Å². The van der Waals surface area contributed by atoms with Crippen molar-refractivity contribution in [1.29, 1.82) is 0 Å². The lowest BCUT2D eigenvalue weighted by Gasteiger charge is -2.37. The summed E-state index contributed by atoms with van der Waals surface area (Å²) < 4.78 is 23.1. The van der Waals surface area contributed by atoms with Crippen molar-refractivity contribution in [1.82, 2.24) is 4.31 Å². The predicted octanol–water partition coefficient (Wildman–Crippen LogP) is 1.22. The Morgan fingerprint density at radius 2 is 1.82 bits per heavy atom. The Bertz CT molecular complexity index is 429. The van der Waals surface area contributed by atoms with E-state index >= 15 is 0 Å². The molecule has 94 valence electrons. The lowest BCUT2D eigenvalue weighted by molar-refractivity contribution is 0.366. The van der Waals surface area contributed by atoms with Crippen LogP contribution in [0, 0.1) is 13.8 Å². The maximum Gasteiger partial charge on any atom is 0.0399 e. The molecule has 1 unspecified atom stereocenters. The molecule has 0 saturated carbocycles. The first kappa shape index (κ1) is 12.5. The van der Waals surface area contributed by atoms with E-state index < -0.39 is 11.3 Å². The Balaban J connectivity index is 2.10. The van der Waals surface area contributed by atoms with Crippen LogP contribution in [0.25, 0.3) is 0 Å². The van der Waals surface area contributed by atoms with Gasteiger partial charge in [-0.15, -0.1) is 0 Å². The van der Waals surface area contributed by atoms with Gasteiger partial charge in [-0.1, -0.05) is 12.1 Å². The molecule has 0 spiro atoms. The van der Waals surface area contributed by atoms with Gasteiger partial charge < -0.3 is 9.45 Å². The lowest BCUT2D eigenvalue weighted by atomic mass is 10.1. The summed E-state index contributed by atoms with van der Waals surface area (Å²) in [6.07, 6.45) is 0. The summed E-state index contributed by atoms with van der Waals surface area (Å²) in [5, 5.41) is 0. The van der Waals surface area contributed by atoms with Gasteiger partial charge in [0, 0.05) is 43.1 Å². The zero-order chi connectivity index (χ0) is 12.4. The van der Waals surface area contributed by atoms with Gasteiger partial charge in [0.2, 0.25) is 0 Å². The summed E-state index contributed by atoms with van der Waals surface area (Å²) in [5.41, 5.74) is 3.78. The van der Waals surface area contributed by atoms with Crippen molar-refractivity contribution in [2.45, 2.75) is 13.8 Å². The molecule has 17 heavy (non-hydrogen) atoms. The minimum Gasteiger partial charge on any atom is -0.760 e. The molecule has 1 saturated heterocycles. The van der Waals surface area contributed by atoms with Crippen LogP contribution in [-0.2, 0) is 11.3 Å². The van der Waals surface area contributed by atoms with E-state index in [0.29, 0.717) is 13.1 Å². The van der Waals surface area contributed by atoms with Crippen molar-refractivity contribution in [3.05, 3.63) is 29.3 Å². The largest absolute Gasteiger partial charge is 0.760 e. The van der Waals surface area contributed by atoms with E-state index in [9.17, 15) is 8.76 Å². The highest BCUT2D eigenvalue weighted by atomic mass is 32.2. The summed E-state index contributed by atoms with van der Waals surface area (Å²) in [6.45, 7) is 6.88. The minimum absolute atomic E-state index is 0.573. The molecule has 1 heterocycles. The molecule has 1 aliphatic rings. The number of aryl methyl sites for hydroxylation is 1. The third kappa shape index (κ3) is 2.68. The molecule has 1 aliphatic heterocycles. The maximum atomic E-state index is 10.8.